The first-order valence-electron chi connectivity index (χ1n) is 12.0. The Labute approximate surface area is 189 Å². The van der Waals surface area contributed by atoms with Crippen molar-refractivity contribution in [3.63, 3.8) is 0 Å². The van der Waals surface area contributed by atoms with Gasteiger partial charge in [-0.3, -0.25) is 14.2 Å². The van der Waals surface area contributed by atoms with E-state index in [0.29, 0.717) is 0 Å². The third kappa shape index (κ3) is 20.8. The van der Waals surface area contributed by atoms with Crippen LogP contribution < -0.4 is 0 Å². The van der Waals surface area contributed by atoms with Gasteiger partial charge in [-0.05, 0) is 6.42 Å². The van der Waals surface area contributed by atoms with Crippen LogP contribution in [0.3, 0.4) is 0 Å². The molecule has 0 amide bonds. The molecule has 8 heteroatoms. The predicted octanol–water partition coefficient (Wildman–Crippen LogP) is 6.43. The average molecular weight is 465 g/mol. The van der Waals surface area contributed by atoms with Crippen LogP contribution in [0.15, 0.2) is 12.8 Å². The highest BCUT2D eigenvalue weighted by Crippen LogP contribution is 2.43. The molecule has 184 valence electrons. The van der Waals surface area contributed by atoms with Crippen molar-refractivity contribution < 1.29 is 33.1 Å². The van der Waals surface area contributed by atoms with Gasteiger partial charge in [-0.2, -0.15) is 0 Å². The molecule has 0 fully saturated rings. The predicted molar refractivity (Wildman–Crippen MR) is 124 cm³/mol. The van der Waals surface area contributed by atoms with E-state index >= 15 is 0 Å². The van der Waals surface area contributed by atoms with Gasteiger partial charge in [0.1, 0.15) is 6.10 Å². The number of esters is 1. The molecule has 2 N–H and O–H groups in total. The van der Waals surface area contributed by atoms with Crippen molar-refractivity contribution in [2.45, 2.75) is 116 Å². The van der Waals surface area contributed by atoms with E-state index in [1.54, 1.807) is 0 Å². The fourth-order valence-electron chi connectivity index (χ4n) is 3.31. The summed E-state index contributed by atoms with van der Waals surface area (Å²) < 4.78 is 25.4. The molecule has 0 saturated carbocycles. The standard InChI is InChI=1S/C23H45O7P/c1-3-5-6-7-8-9-10-11-12-13-14-15-16-17-18-19-23(25)30-22(20-24)21-29-31(26,27)28-4-2/h4,22,24H,2-3,5-21H2,1H3,(H,26,27). The molecule has 0 bridgehead atoms. The Balaban J connectivity index is 3.52. The van der Waals surface area contributed by atoms with E-state index in [0.717, 1.165) is 25.5 Å². The lowest BCUT2D eigenvalue weighted by molar-refractivity contribution is -0.153. The van der Waals surface area contributed by atoms with E-state index in [1.807, 2.05) is 0 Å². The maximum Gasteiger partial charge on any atom is 0.526 e. The van der Waals surface area contributed by atoms with Gasteiger partial charge >= 0.3 is 13.8 Å². The van der Waals surface area contributed by atoms with Crippen molar-refractivity contribution in [2.24, 2.45) is 0 Å². The molecule has 0 spiro atoms. The zero-order chi connectivity index (χ0) is 23.2. The molecule has 0 saturated heterocycles. The first-order valence-corrected chi connectivity index (χ1v) is 13.5. The lowest BCUT2D eigenvalue weighted by atomic mass is 10.0. The summed E-state index contributed by atoms with van der Waals surface area (Å²) >= 11 is 0. The summed E-state index contributed by atoms with van der Waals surface area (Å²) in [6, 6.07) is 0. The third-order valence-electron chi connectivity index (χ3n) is 5.12. The van der Waals surface area contributed by atoms with Crippen molar-refractivity contribution in [3.8, 4) is 0 Å². The number of ether oxygens (including phenoxy) is 1. The van der Waals surface area contributed by atoms with E-state index in [9.17, 15) is 19.4 Å². The highest BCUT2D eigenvalue weighted by Gasteiger charge is 2.24. The molecule has 0 aliphatic heterocycles. The Kier molecular flexibility index (Phi) is 20.4. The molecule has 0 aromatic carbocycles. The van der Waals surface area contributed by atoms with Crippen LogP contribution in [0.4, 0.5) is 0 Å². The van der Waals surface area contributed by atoms with Crippen molar-refractivity contribution >= 4 is 13.8 Å². The summed E-state index contributed by atoms with van der Waals surface area (Å²) in [5.74, 6) is -0.449. The number of phosphoric acid groups is 1. The van der Waals surface area contributed by atoms with Gasteiger partial charge < -0.3 is 14.4 Å². The van der Waals surface area contributed by atoms with E-state index in [-0.39, 0.29) is 6.42 Å². The smallest absolute Gasteiger partial charge is 0.457 e. The fraction of sp³-hybridized carbons (Fsp3) is 0.870. The quantitative estimate of drug-likeness (QED) is 0.0777. The number of rotatable bonds is 23. The third-order valence-corrected chi connectivity index (χ3v) is 6.01. The molecule has 0 aliphatic rings. The first-order chi connectivity index (χ1) is 14.9. The number of unbranched alkanes of at least 4 members (excludes halogenated alkanes) is 14. The Morgan fingerprint density at radius 3 is 1.77 bits per heavy atom. The average Bonchev–Trinajstić information content (AvgIpc) is 2.73. The maximum atomic E-state index is 11.8. The molecule has 7 nitrogen and oxygen atoms in total. The van der Waals surface area contributed by atoms with Crippen molar-refractivity contribution in [1.82, 2.24) is 0 Å². The molecule has 0 radical (unpaired) electrons. The van der Waals surface area contributed by atoms with Gasteiger partial charge in [-0.15, -0.1) is 0 Å². The van der Waals surface area contributed by atoms with E-state index < -0.39 is 33.1 Å². The highest BCUT2D eigenvalue weighted by molar-refractivity contribution is 7.47. The lowest BCUT2D eigenvalue weighted by Gasteiger charge is -2.17. The van der Waals surface area contributed by atoms with Crippen LogP contribution in [-0.4, -0.2) is 35.3 Å². The SMILES string of the molecule is C=COP(=O)(O)OCC(CO)OC(=O)CCCCCCCCCCCCCCCCC. The summed E-state index contributed by atoms with van der Waals surface area (Å²) in [6.07, 6.45) is 18.9. The Morgan fingerprint density at radius 2 is 1.35 bits per heavy atom. The minimum atomic E-state index is -4.28. The second-order valence-corrected chi connectivity index (χ2v) is 9.44. The van der Waals surface area contributed by atoms with Crippen LogP contribution in [0, 0.1) is 0 Å². The Bertz CT molecular complexity index is 485. The maximum absolute atomic E-state index is 11.8. The molecule has 2 unspecified atom stereocenters. The minimum Gasteiger partial charge on any atom is -0.457 e. The first kappa shape index (κ1) is 30.1. The van der Waals surface area contributed by atoms with Crippen molar-refractivity contribution in [2.75, 3.05) is 13.2 Å². The van der Waals surface area contributed by atoms with E-state index in [1.165, 1.54) is 77.0 Å². The van der Waals surface area contributed by atoms with Gasteiger partial charge in [0.25, 0.3) is 0 Å². The summed E-state index contributed by atoms with van der Waals surface area (Å²) in [7, 11) is -4.28. The fourth-order valence-corrected chi connectivity index (χ4v) is 3.92. The molecule has 2 atom stereocenters. The second-order valence-electron chi connectivity index (χ2n) is 8.03. The zero-order valence-corrected chi connectivity index (χ0v) is 20.4. The molecule has 0 heterocycles. The van der Waals surface area contributed by atoms with Gasteiger partial charge in [0.15, 0.2) is 0 Å². The number of aliphatic hydroxyl groups is 1. The summed E-state index contributed by atoms with van der Waals surface area (Å²) in [4.78, 5) is 21.1. The van der Waals surface area contributed by atoms with Gasteiger partial charge in [-0.1, -0.05) is 103 Å². The highest BCUT2D eigenvalue weighted by atomic mass is 31.2. The van der Waals surface area contributed by atoms with E-state index in [2.05, 4.69) is 22.6 Å². The number of hydrogen-bond acceptors (Lipinski definition) is 6. The monoisotopic (exact) mass is 464 g/mol. The largest absolute Gasteiger partial charge is 0.526 e. The molecule has 0 aromatic heterocycles. The van der Waals surface area contributed by atoms with Crippen LogP contribution in [-0.2, 0) is 23.1 Å². The molecule has 0 aromatic rings. The van der Waals surface area contributed by atoms with E-state index in [4.69, 9.17) is 4.74 Å². The molecular formula is C23H45O7P. The number of aliphatic hydroxyl groups excluding tert-OH is 1. The number of phosphoric ester groups is 1. The topological polar surface area (TPSA) is 102 Å². The number of carbonyl (C=O) groups excluding carboxylic acids is 1. The van der Waals surface area contributed by atoms with Crippen LogP contribution in [0.2, 0.25) is 0 Å². The summed E-state index contributed by atoms with van der Waals surface area (Å²) in [6.45, 7) is 4.49. The normalized spacial score (nSPS) is 14.0. The van der Waals surface area contributed by atoms with Crippen molar-refractivity contribution in [3.05, 3.63) is 12.8 Å². The second kappa shape index (κ2) is 21.0. The summed E-state index contributed by atoms with van der Waals surface area (Å²) in [5, 5.41) is 9.22. The van der Waals surface area contributed by atoms with Gasteiger partial charge in [-0.25, -0.2) is 4.57 Å². The van der Waals surface area contributed by atoms with Gasteiger partial charge in [0.2, 0.25) is 0 Å². The van der Waals surface area contributed by atoms with Crippen molar-refractivity contribution in [1.29, 1.82) is 0 Å². The van der Waals surface area contributed by atoms with Gasteiger partial charge in [0, 0.05) is 6.42 Å². The number of carbonyl (C=O) groups is 1. The molecule has 31 heavy (non-hydrogen) atoms. The minimum absolute atomic E-state index is 0.259. The van der Waals surface area contributed by atoms with Crippen LogP contribution >= 0.6 is 7.82 Å². The van der Waals surface area contributed by atoms with Crippen LogP contribution in [0.25, 0.3) is 0 Å². The molecular weight excluding hydrogens is 419 g/mol. The number of hydrogen-bond donors (Lipinski definition) is 2. The zero-order valence-electron chi connectivity index (χ0n) is 19.5. The Morgan fingerprint density at radius 1 is 0.903 bits per heavy atom. The summed E-state index contributed by atoms with van der Waals surface area (Å²) in [5.41, 5.74) is 0. The van der Waals surface area contributed by atoms with Crippen LogP contribution in [0.1, 0.15) is 110 Å². The Hall–Kier alpha value is -0.880. The van der Waals surface area contributed by atoms with Crippen LogP contribution in [0.5, 0.6) is 0 Å². The van der Waals surface area contributed by atoms with Gasteiger partial charge in [0.05, 0.1) is 19.5 Å². The molecule has 0 aliphatic carbocycles. The molecule has 0 rings (SSSR count). The lowest BCUT2D eigenvalue weighted by Crippen LogP contribution is -2.26.